The zero-order valence-electron chi connectivity index (χ0n) is 9.43. The monoisotopic (exact) mass is 310 g/mol. The third-order valence-electron chi connectivity index (χ3n) is 2.39. The lowest BCUT2D eigenvalue weighted by Gasteiger charge is -2.03. The maximum atomic E-state index is 10.8. The van der Waals surface area contributed by atoms with Crippen LogP contribution in [-0.2, 0) is 18.0 Å². The first-order valence-electron chi connectivity index (χ1n) is 5.28. The van der Waals surface area contributed by atoms with Crippen molar-refractivity contribution < 1.29 is 19.1 Å². The average molecular weight is 311 g/mol. The fraction of sp³-hybridized carbons (Fsp3) is 0.154. The van der Waals surface area contributed by atoms with E-state index in [-0.39, 0.29) is 12.2 Å². The Morgan fingerprint density at radius 1 is 1.22 bits per heavy atom. The molecule has 1 N–H and O–H groups in total. The molecule has 1 aromatic carbocycles. The molecule has 2 aromatic rings. The highest BCUT2D eigenvalue weighted by Crippen LogP contribution is 2.14. The number of hydrogen-bond acceptors (Lipinski definition) is 3. The van der Waals surface area contributed by atoms with Crippen LogP contribution < -0.4 is 0 Å². The maximum Gasteiger partial charge on any atom is 0.339 e. The summed E-state index contributed by atoms with van der Waals surface area (Å²) in [6, 6.07) is 9.14. The Kier molecular flexibility index (Phi) is 4.17. The average Bonchev–Trinajstić information content (AvgIpc) is 2.80. The van der Waals surface area contributed by atoms with Gasteiger partial charge in [0.1, 0.15) is 17.9 Å². The minimum atomic E-state index is -1.01. The molecule has 0 aliphatic rings. The lowest BCUT2D eigenvalue weighted by atomic mass is 10.2. The van der Waals surface area contributed by atoms with E-state index in [0.717, 1.165) is 10.0 Å². The second-order valence-electron chi connectivity index (χ2n) is 3.68. The molecule has 0 aliphatic heterocycles. The van der Waals surface area contributed by atoms with Gasteiger partial charge in [-0.3, -0.25) is 0 Å². The number of rotatable bonds is 5. The quantitative estimate of drug-likeness (QED) is 0.918. The molecule has 0 spiro atoms. The zero-order chi connectivity index (χ0) is 13.0. The fourth-order valence-electron chi connectivity index (χ4n) is 1.49. The van der Waals surface area contributed by atoms with Gasteiger partial charge in [0.25, 0.3) is 0 Å². The molecule has 94 valence electrons. The normalized spacial score (nSPS) is 10.5. The third kappa shape index (κ3) is 3.21. The highest BCUT2D eigenvalue weighted by atomic mass is 79.9. The number of hydrogen-bond donors (Lipinski definition) is 1. The van der Waals surface area contributed by atoms with Gasteiger partial charge in [-0.05, 0) is 23.8 Å². The molecule has 0 fully saturated rings. The molecular weight excluding hydrogens is 300 g/mol. The van der Waals surface area contributed by atoms with Gasteiger partial charge in [0.05, 0.1) is 12.9 Å². The van der Waals surface area contributed by atoms with E-state index in [1.807, 2.05) is 24.3 Å². The molecule has 0 saturated heterocycles. The molecule has 0 amide bonds. The molecule has 1 heterocycles. The molecule has 18 heavy (non-hydrogen) atoms. The fourth-order valence-corrected chi connectivity index (χ4v) is 1.75. The number of carboxylic acids is 1. The van der Waals surface area contributed by atoms with Crippen molar-refractivity contribution in [3.8, 4) is 0 Å². The summed E-state index contributed by atoms with van der Waals surface area (Å²) in [6.07, 6.45) is 1.35. The van der Waals surface area contributed by atoms with Crippen molar-refractivity contribution in [1.82, 2.24) is 0 Å². The van der Waals surface area contributed by atoms with E-state index in [0.29, 0.717) is 12.4 Å². The van der Waals surface area contributed by atoms with Gasteiger partial charge >= 0.3 is 5.97 Å². The summed E-state index contributed by atoms with van der Waals surface area (Å²) in [6.45, 7) is 0.553. The molecule has 2 rings (SSSR count). The van der Waals surface area contributed by atoms with Crippen LogP contribution in [0.4, 0.5) is 0 Å². The zero-order valence-corrected chi connectivity index (χ0v) is 11.0. The van der Waals surface area contributed by atoms with Gasteiger partial charge in [0, 0.05) is 4.47 Å². The van der Waals surface area contributed by atoms with E-state index in [1.165, 1.54) is 12.3 Å². The molecule has 4 nitrogen and oxygen atoms in total. The number of benzene rings is 1. The second-order valence-corrected chi connectivity index (χ2v) is 4.60. The Balaban J connectivity index is 1.90. The number of carbonyl (C=O) groups is 1. The standard InChI is InChI=1S/C13H11BrO4/c14-10-3-1-9(2-4-10)7-17-8-12-11(13(15)16)5-6-18-12/h1-6H,7-8H2,(H,15,16). The van der Waals surface area contributed by atoms with Crippen LogP contribution in [-0.4, -0.2) is 11.1 Å². The highest BCUT2D eigenvalue weighted by Gasteiger charge is 2.12. The largest absolute Gasteiger partial charge is 0.478 e. The van der Waals surface area contributed by atoms with Gasteiger partial charge < -0.3 is 14.3 Å². The van der Waals surface area contributed by atoms with E-state index >= 15 is 0 Å². The number of furan rings is 1. The van der Waals surface area contributed by atoms with E-state index in [2.05, 4.69) is 15.9 Å². The topological polar surface area (TPSA) is 59.7 Å². The van der Waals surface area contributed by atoms with Gasteiger partial charge in [-0.25, -0.2) is 4.79 Å². The van der Waals surface area contributed by atoms with E-state index in [9.17, 15) is 4.79 Å². The predicted molar refractivity (Wildman–Crippen MR) is 68.3 cm³/mol. The van der Waals surface area contributed by atoms with Crippen molar-refractivity contribution >= 4 is 21.9 Å². The molecule has 1 aromatic heterocycles. The Bertz CT molecular complexity index is 530. The number of carboxylic acid groups (broad SMARTS) is 1. The SMILES string of the molecule is O=C(O)c1ccoc1COCc1ccc(Br)cc1. The molecular formula is C13H11BrO4. The molecule has 0 atom stereocenters. The summed E-state index contributed by atoms with van der Waals surface area (Å²) in [5.74, 6) is -0.675. The first-order valence-corrected chi connectivity index (χ1v) is 6.08. The van der Waals surface area contributed by atoms with Gasteiger partial charge in [-0.2, -0.15) is 0 Å². The van der Waals surface area contributed by atoms with Gasteiger partial charge in [-0.15, -0.1) is 0 Å². The van der Waals surface area contributed by atoms with Gasteiger partial charge in [0.2, 0.25) is 0 Å². The van der Waals surface area contributed by atoms with E-state index in [4.69, 9.17) is 14.3 Å². The number of halogens is 1. The van der Waals surface area contributed by atoms with Crippen molar-refractivity contribution in [3.63, 3.8) is 0 Å². The summed E-state index contributed by atoms with van der Waals surface area (Å²) >= 11 is 3.35. The van der Waals surface area contributed by atoms with E-state index < -0.39 is 5.97 Å². The van der Waals surface area contributed by atoms with Crippen molar-refractivity contribution in [1.29, 1.82) is 0 Å². The summed E-state index contributed by atoms with van der Waals surface area (Å²) in [7, 11) is 0. The lowest BCUT2D eigenvalue weighted by Crippen LogP contribution is -2.01. The van der Waals surface area contributed by atoms with Crippen LogP contribution in [0.3, 0.4) is 0 Å². The lowest BCUT2D eigenvalue weighted by molar-refractivity contribution is 0.0671. The van der Waals surface area contributed by atoms with Crippen LogP contribution in [0.15, 0.2) is 45.5 Å². The van der Waals surface area contributed by atoms with Crippen LogP contribution in [0.5, 0.6) is 0 Å². The molecule has 5 heteroatoms. The Labute approximate surface area is 112 Å². The first-order chi connectivity index (χ1) is 8.66. The predicted octanol–water partition coefficient (Wildman–Crippen LogP) is 3.46. The van der Waals surface area contributed by atoms with Crippen LogP contribution >= 0.6 is 15.9 Å². The minimum absolute atomic E-state index is 0.144. The molecule has 0 unspecified atom stereocenters. The Morgan fingerprint density at radius 2 is 1.94 bits per heavy atom. The first kappa shape index (κ1) is 12.9. The number of ether oxygens (including phenoxy) is 1. The van der Waals surface area contributed by atoms with Crippen molar-refractivity contribution in [2.45, 2.75) is 13.2 Å². The molecule has 0 aliphatic carbocycles. The summed E-state index contributed by atoms with van der Waals surface area (Å²) in [4.78, 5) is 10.8. The van der Waals surface area contributed by atoms with Gasteiger partial charge in [-0.1, -0.05) is 28.1 Å². The highest BCUT2D eigenvalue weighted by molar-refractivity contribution is 9.10. The summed E-state index contributed by atoms with van der Waals surface area (Å²) in [5.41, 5.74) is 1.16. The van der Waals surface area contributed by atoms with Crippen LogP contribution in [0.2, 0.25) is 0 Å². The molecule has 0 radical (unpaired) electrons. The Hall–Kier alpha value is -1.59. The van der Waals surface area contributed by atoms with E-state index in [1.54, 1.807) is 0 Å². The van der Waals surface area contributed by atoms with Crippen molar-refractivity contribution in [3.05, 3.63) is 58.0 Å². The van der Waals surface area contributed by atoms with Crippen LogP contribution in [0.25, 0.3) is 0 Å². The second kappa shape index (κ2) is 5.84. The number of aromatic carboxylic acids is 1. The van der Waals surface area contributed by atoms with Crippen LogP contribution in [0.1, 0.15) is 21.7 Å². The smallest absolute Gasteiger partial charge is 0.339 e. The maximum absolute atomic E-state index is 10.8. The van der Waals surface area contributed by atoms with Gasteiger partial charge in [0.15, 0.2) is 0 Å². The third-order valence-corrected chi connectivity index (χ3v) is 2.92. The van der Waals surface area contributed by atoms with Crippen molar-refractivity contribution in [2.75, 3.05) is 0 Å². The Morgan fingerprint density at radius 3 is 2.61 bits per heavy atom. The molecule has 0 saturated carbocycles. The summed E-state index contributed by atoms with van der Waals surface area (Å²) < 4.78 is 11.5. The van der Waals surface area contributed by atoms with Crippen LogP contribution in [0, 0.1) is 0 Å². The summed E-state index contributed by atoms with van der Waals surface area (Å²) in [5, 5.41) is 8.88. The molecule has 0 bridgehead atoms. The minimum Gasteiger partial charge on any atom is -0.478 e. The van der Waals surface area contributed by atoms with Crippen molar-refractivity contribution in [2.24, 2.45) is 0 Å².